The summed E-state index contributed by atoms with van der Waals surface area (Å²) in [6, 6.07) is 16.2. The van der Waals surface area contributed by atoms with Crippen LogP contribution >= 0.6 is 0 Å². The molecule has 0 amide bonds. The lowest BCUT2D eigenvalue weighted by Crippen LogP contribution is -2.31. The minimum Gasteiger partial charge on any atom is -0.495 e. The van der Waals surface area contributed by atoms with Crippen molar-refractivity contribution < 1.29 is 14.2 Å². The van der Waals surface area contributed by atoms with Gasteiger partial charge in [-0.1, -0.05) is 18.2 Å². The topological polar surface area (TPSA) is 67.4 Å². The van der Waals surface area contributed by atoms with Gasteiger partial charge in [0.2, 0.25) is 0 Å². The van der Waals surface area contributed by atoms with Gasteiger partial charge in [0.15, 0.2) is 5.96 Å². The maximum atomic E-state index is 5.81. The first-order chi connectivity index (χ1) is 15.7. The first-order valence-electron chi connectivity index (χ1n) is 11.4. The number of aliphatic imine (C=N–C) groups is 1. The molecule has 0 aliphatic carbocycles. The van der Waals surface area contributed by atoms with Crippen LogP contribution in [0.1, 0.15) is 19.8 Å². The molecule has 32 heavy (non-hydrogen) atoms. The number of nitrogens with one attached hydrogen (secondary N) is 2. The van der Waals surface area contributed by atoms with E-state index in [2.05, 4.69) is 34.6 Å². The van der Waals surface area contributed by atoms with Crippen LogP contribution < -0.4 is 25.0 Å². The van der Waals surface area contributed by atoms with Gasteiger partial charge in [-0.2, -0.15) is 0 Å². The van der Waals surface area contributed by atoms with Crippen LogP contribution in [0, 0.1) is 5.92 Å². The second kappa shape index (κ2) is 12.8. The summed E-state index contributed by atoms with van der Waals surface area (Å²) in [4.78, 5) is 7.25. The largest absolute Gasteiger partial charge is 0.495 e. The fraction of sp³-hybridized carbons (Fsp3) is 0.480. The minimum atomic E-state index is 0.505. The van der Waals surface area contributed by atoms with Crippen LogP contribution in [0.25, 0.3) is 0 Å². The van der Waals surface area contributed by atoms with E-state index < -0.39 is 0 Å². The van der Waals surface area contributed by atoms with Crippen LogP contribution in [0.2, 0.25) is 0 Å². The SMILES string of the molecule is CCNC(=NCC1CCN(c2ccccc2OC)C1)Nc1cccc(OCCCOC)c1. The van der Waals surface area contributed by atoms with Crippen molar-refractivity contribution in [3.05, 3.63) is 48.5 Å². The van der Waals surface area contributed by atoms with Gasteiger partial charge in [-0.15, -0.1) is 0 Å². The lowest BCUT2D eigenvalue weighted by atomic mass is 10.1. The van der Waals surface area contributed by atoms with E-state index in [9.17, 15) is 0 Å². The van der Waals surface area contributed by atoms with E-state index >= 15 is 0 Å². The lowest BCUT2D eigenvalue weighted by molar-refractivity contribution is 0.172. The van der Waals surface area contributed by atoms with Gasteiger partial charge in [0.25, 0.3) is 0 Å². The molecule has 1 aliphatic rings. The van der Waals surface area contributed by atoms with E-state index in [1.165, 1.54) is 0 Å². The number of para-hydroxylation sites is 2. The van der Waals surface area contributed by atoms with Gasteiger partial charge in [-0.05, 0) is 43.5 Å². The Labute approximate surface area is 191 Å². The summed E-state index contributed by atoms with van der Waals surface area (Å²) in [6.07, 6.45) is 1.98. The number of rotatable bonds is 11. The normalized spacial score (nSPS) is 16.2. The van der Waals surface area contributed by atoms with Crippen LogP contribution in [0.5, 0.6) is 11.5 Å². The quantitative estimate of drug-likeness (QED) is 0.313. The third kappa shape index (κ3) is 7.05. The highest BCUT2D eigenvalue weighted by Gasteiger charge is 2.24. The second-order valence-electron chi connectivity index (χ2n) is 7.84. The van der Waals surface area contributed by atoms with Crippen LogP contribution in [0.4, 0.5) is 11.4 Å². The molecule has 0 radical (unpaired) electrons. The average molecular weight is 441 g/mol. The number of hydrogen-bond donors (Lipinski definition) is 2. The molecule has 0 saturated carbocycles. The summed E-state index contributed by atoms with van der Waals surface area (Å²) in [5, 5.41) is 6.75. The third-order valence-electron chi connectivity index (χ3n) is 5.42. The van der Waals surface area contributed by atoms with E-state index in [-0.39, 0.29) is 0 Å². The van der Waals surface area contributed by atoms with Gasteiger partial charge in [0.1, 0.15) is 11.5 Å². The molecule has 1 unspecified atom stereocenters. The number of ether oxygens (including phenoxy) is 3. The van der Waals surface area contributed by atoms with E-state index in [4.69, 9.17) is 19.2 Å². The molecular weight excluding hydrogens is 404 g/mol. The van der Waals surface area contributed by atoms with Crippen molar-refractivity contribution in [3.63, 3.8) is 0 Å². The molecule has 1 aliphatic heterocycles. The fourth-order valence-corrected chi connectivity index (χ4v) is 3.81. The highest BCUT2D eigenvalue weighted by atomic mass is 16.5. The highest BCUT2D eigenvalue weighted by molar-refractivity contribution is 5.93. The summed E-state index contributed by atoms with van der Waals surface area (Å²) in [5.41, 5.74) is 2.12. The maximum absolute atomic E-state index is 5.81. The first kappa shape index (κ1) is 23.7. The zero-order valence-corrected chi connectivity index (χ0v) is 19.5. The summed E-state index contributed by atoms with van der Waals surface area (Å²) in [5.74, 6) is 3.06. The molecule has 2 aromatic rings. The van der Waals surface area contributed by atoms with Crippen LogP contribution in [0.15, 0.2) is 53.5 Å². The average Bonchev–Trinajstić information content (AvgIpc) is 3.30. The van der Waals surface area contributed by atoms with Crippen LogP contribution in [0.3, 0.4) is 0 Å². The van der Waals surface area contributed by atoms with E-state index in [1.807, 2.05) is 36.4 Å². The van der Waals surface area contributed by atoms with Gasteiger partial charge < -0.3 is 29.7 Å². The predicted molar refractivity (Wildman–Crippen MR) is 131 cm³/mol. The third-order valence-corrected chi connectivity index (χ3v) is 5.42. The van der Waals surface area contributed by atoms with Crippen molar-refractivity contribution in [2.24, 2.45) is 10.9 Å². The monoisotopic (exact) mass is 440 g/mol. The Morgan fingerprint density at radius 1 is 1.12 bits per heavy atom. The standard InChI is InChI=1S/C25H36N4O3/c1-4-26-25(28-21-9-7-10-22(17-21)32-16-8-15-30-2)27-18-20-13-14-29(19-20)23-11-5-6-12-24(23)31-3/h5-7,9-12,17,20H,4,8,13-16,18-19H2,1-3H3,(H2,26,27,28). The summed E-state index contributed by atoms with van der Waals surface area (Å²) < 4.78 is 16.4. The Morgan fingerprint density at radius 2 is 2.00 bits per heavy atom. The molecule has 2 N–H and O–H groups in total. The Balaban J connectivity index is 1.56. The molecule has 1 atom stereocenters. The fourth-order valence-electron chi connectivity index (χ4n) is 3.81. The molecule has 1 heterocycles. The van der Waals surface area contributed by atoms with E-state index in [0.29, 0.717) is 19.1 Å². The zero-order valence-electron chi connectivity index (χ0n) is 19.5. The Kier molecular flexibility index (Phi) is 9.50. The van der Waals surface area contributed by atoms with Crippen LogP contribution in [-0.4, -0.2) is 59.6 Å². The molecular formula is C25H36N4O3. The van der Waals surface area contributed by atoms with Crippen molar-refractivity contribution in [3.8, 4) is 11.5 Å². The number of anilines is 2. The van der Waals surface area contributed by atoms with Crippen molar-refractivity contribution in [1.82, 2.24) is 5.32 Å². The number of hydrogen-bond acceptors (Lipinski definition) is 5. The lowest BCUT2D eigenvalue weighted by Gasteiger charge is -2.21. The van der Waals surface area contributed by atoms with Crippen molar-refractivity contribution in [2.45, 2.75) is 19.8 Å². The molecule has 1 saturated heterocycles. The summed E-state index contributed by atoms with van der Waals surface area (Å²) in [6.45, 7) is 6.98. The highest BCUT2D eigenvalue weighted by Crippen LogP contribution is 2.32. The van der Waals surface area contributed by atoms with E-state index in [0.717, 1.165) is 67.9 Å². The smallest absolute Gasteiger partial charge is 0.195 e. The molecule has 3 rings (SSSR count). The van der Waals surface area contributed by atoms with Crippen LogP contribution in [-0.2, 0) is 4.74 Å². The van der Waals surface area contributed by atoms with Gasteiger partial charge >= 0.3 is 0 Å². The number of methoxy groups -OCH3 is 2. The molecule has 0 spiro atoms. The molecule has 2 aromatic carbocycles. The van der Waals surface area contributed by atoms with Crippen molar-refractivity contribution in [2.75, 3.05) is 63.8 Å². The van der Waals surface area contributed by atoms with Gasteiger partial charge in [-0.25, -0.2) is 0 Å². The Bertz CT molecular complexity index is 859. The van der Waals surface area contributed by atoms with Crippen molar-refractivity contribution >= 4 is 17.3 Å². The van der Waals surface area contributed by atoms with Crippen molar-refractivity contribution in [1.29, 1.82) is 0 Å². The van der Waals surface area contributed by atoms with Gasteiger partial charge in [0, 0.05) is 58.1 Å². The molecule has 1 fully saturated rings. The summed E-state index contributed by atoms with van der Waals surface area (Å²) in [7, 11) is 3.43. The second-order valence-corrected chi connectivity index (χ2v) is 7.84. The Hall–Kier alpha value is -2.93. The molecule has 7 nitrogen and oxygen atoms in total. The van der Waals surface area contributed by atoms with E-state index in [1.54, 1.807) is 14.2 Å². The van der Waals surface area contributed by atoms with Gasteiger partial charge in [-0.3, -0.25) is 4.99 Å². The molecule has 7 heteroatoms. The summed E-state index contributed by atoms with van der Waals surface area (Å²) >= 11 is 0. The molecule has 0 aromatic heterocycles. The molecule has 0 bridgehead atoms. The van der Waals surface area contributed by atoms with Gasteiger partial charge in [0.05, 0.1) is 19.4 Å². The minimum absolute atomic E-state index is 0.505. The number of guanidine groups is 1. The maximum Gasteiger partial charge on any atom is 0.195 e. The first-order valence-corrected chi connectivity index (χ1v) is 11.4. The predicted octanol–water partition coefficient (Wildman–Crippen LogP) is 4.01. The number of nitrogens with zero attached hydrogens (tertiary/aromatic N) is 2. The molecule has 174 valence electrons. The zero-order chi connectivity index (χ0) is 22.6. The number of benzene rings is 2. The Morgan fingerprint density at radius 3 is 2.81 bits per heavy atom.